The molecule has 0 aliphatic rings. The normalized spacial score (nSPS) is 12.3. The maximum absolute atomic E-state index is 12.4. The van der Waals surface area contributed by atoms with E-state index in [1.165, 1.54) is 6.92 Å². The molecule has 2 heterocycles. The molecule has 2 aromatic heterocycles. The second kappa shape index (κ2) is 13.3. The van der Waals surface area contributed by atoms with Gasteiger partial charge in [-0.15, -0.1) is 0 Å². The Balaban J connectivity index is 0.000000175. The number of Topliss-reactive ketones (excluding diaryl/α,β-unsaturated/α-hetero) is 1. The highest BCUT2D eigenvalue weighted by Gasteiger charge is 2.26. The number of benzene rings is 4. The van der Waals surface area contributed by atoms with Crippen LogP contribution in [-0.2, 0) is 4.79 Å². The highest BCUT2D eigenvalue weighted by molar-refractivity contribution is 5.85. The molecule has 4 aromatic carbocycles. The number of aromatic hydroxyl groups is 2. The van der Waals surface area contributed by atoms with Crippen LogP contribution in [0.4, 0.5) is 0 Å². The smallest absolute Gasteiger partial charge is 0.343 e. The lowest BCUT2D eigenvalue weighted by Crippen LogP contribution is -2.16. The summed E-state index contributed by atoms with van der Waals surface area (Å²) in [6.45, 7) is 3.46. The molecule has 0 aliphatic carbocycles. The van der Waals surface area contributed by atoms with Gasteiger partial charge in [0.05, 0.1) is 21.9 Å². The average Bonchev–Trinajstić information content (AvgIpc) is 3.03. The van der Waals surface area contributed by atoms with E-state index in [0.717, 1.165) is 11.1 Å². The fourth-order valence-electron chi connectivity index (χ4n) is 5.56. The van der Waals surface area contributed by atoms with Gasteiger partial charge in [0, 0.05) is 18.3 Å². The zero-order chi connectivity index (χ0) is 31.2. The molecule has 6 rings (SSSR count). The Bertz CT molecular complexity index is 2030. The zero-order valence-corrected chi connectivity index (χ0v) is 24.4. The average molecular weight is 589 g/mol. The Kier molecular flexibility index (Phi) is 9.05. The quantitative estimate of drug-likeness (QED) is 0.184. The highest BCUT2D eigenvalue weighted by atomic mass is 16.4. The second-order valence-corrected chi connectivity index (χ2v) is 10.5. The van der Waals surface area contributed by atoms with Crippen molar-refractivity contribution in [2.24, 2.45) is 0 Å². The molecule has 0 bridgehead atoms. The number of fused-ring (bicyclic) bond motifs is 2. The van der Waals surface area contributed by atoms with Gasteiger partial charge in [-0.2, -0.15) is 0 Å². The Morgan fingerprint density at radius 1 is 0.614 bits per heavy atom. The predicted octanol–water partition coefficient (Wildman–Crippen LogP) is 7.65. The summed E-state index contributed by atoms with van der Waals surface area (Å²) >= 11 is 0. The summed E-state index contributed by atoms with van der Waals surface area (Å²) in [5.74, 6) is -0.864. The molecule has 0 aliphatic heterocycles. The first-order valence-corrected chi connectivity index (χ1v) is 14.4. The third-order valence-corrected chi connectivity index (χ3v) is 7.64. The number of rotatable bonds is 7. The number of hydrogen-bond donors (Lipinski definition) is 2. The van der Waals surface area contributed by atoms with E-state index < -0.39 is 17.2 Å². The van der Waals surface area contributed by atoms with Gasteiger partial charge in [-0.1, -0.05) is 91.9 Å². The molecular weight excluding hydrogens is 556 g/mol. The molecule has 2 atom stereocenters. The lowest BCUT2D eigenvalue weighted by atomic mass is 9.87. The van der Waals surface area contributed by atoms with Crippen LogP contribution in [0.2, 0.25) is 0 Å². The van der Waals surface area contributed by atoms with Crippen molar-refractivity contribution in [3.63, 3.8) is 0 Å². The first-order valence-electron chi connectivity index (χ1n) is 14.4. The van der Waals surface area contributed by atoms with E-state index in [-0.39, 0.29) is 35.2 Å². The van der Waals surface area contributed by atoms with Crippen LogP contribution in [0.5, 0.6) is 11.5 Å². The molecule has 0 spiro atoms. The molecule has 7 nitrogen and oxygen atoms in total. The molecule has 0 radical (unpaired) electrons. The monoisotopic (exact) mass is 588 g/mol. The molecular formula is C37H32O7. The SMILES string of the molecule is CC(=O)CC(c1ccccc1)c1c(O)c2ccccc2oc1=O.CCC(c1ccccc1)c1c(O)c2ccccc2oc1=O. The van der Waals surface area contributed by atoms with Gasteiger partial charge in [-0.25, -0.2) is 9.59 Å². The topological polar surface area (TPSA) is 118 Å². The number of carbonyl (C=O) groups excluding carboxylic acids is 1. The van der Waals surface area contributed by atoms with E-state index in [1.54, 1.807) is 42.5 Å². The van der Waals surface area contributed by atoms with E-state index in [1.807, 2.05) is 73.7 Å². The second-order valence-electron chi connectivity index (χ2n) is 10.5. The molecule has 44 heavy (non-hydrogen) atoms. The van der Waals surface area contributed by atoms with Crippen molar-refractivity contribution in [2.45, 2.75) is 38.5 Å². The number of carbonyl (C=O) groups is 1. The Morgan fingerprint density at radius 3 is 1.43 bits per heavy atom. The Morgan fingerprint density at radius 2 is 1.00 bits per heavy atom. The van der Waals surface area contributed by atoms with Crippen LogP contribution in [0.15, 0.2) is 128 Å². The van der Waals surface area contributed by atoms with E-state index in [9.17, 15) is 24.6 Å². The summed E-state index contributed by atoms with van der Waals surface area (Å²) in [7, 11) is 0. The predicted molar refractivity (Wildman–Crippen MR) is 170 cm³/mol. The molecule has 0 saturated heterocycles. The van der Waals surface area contributed by atoms with Crippen LogP contribution in [0.3, 0.4) is 0 Å². The van der Waals surface area contributed by atoms with Gasteiger partial charge < -0.3 is 19.0 Å². The van der Waals surface area contributed by atoms with E-state index >= 15 is 0 Å². The van der Waals surface area contributed by atoms with E-state index in [4.69, 9.17) is 8.83 Å². The van der Waals surface area contributed by atoms with Crippen molar-refractivity contribution in [3.05, 3.63) is 152 Å². The molecule has 0 saturated carbocycles. The van der Waals surface area contributed by atoms with Crippen molar-refractivity contribution in [3.8, 4) is 11.5 Å². The van der Waals surface area contributed by atoms with Gasteiger partial charge in [0.2, 0.25) is 0 Å². The van der Waals surface area contributed by atoms with Gasteiger partial charge in [-0.3, -0.25) is 4.79 Å². The van der Waals surface area contributed by atoms with Crippen LogP contribution in [-0.4, -0.2) is 16.0 Å². The summed E-state index contributed by atoms with van der Waals surface area (Å²) in [4.78, 5) is 36.4. The highest BCUT2D eigenvalue weighted by Crippen LogP contribution is 2.37. The lowest BCUT2D eigenvalue weighted by molar-refractivity contribution is -0.117. The number of ketones is 1. The van der Waals surface area contributed by atoms with Gasteiger partial charge in [0.15, 0.2) is 0 Å². The van der Waals surface area contributed by atoms with E-state index in [0.29, 0.717) is 33.9 Å². The fourth-order valence-corrected chi connectivity index (χ4v) is 5.56. The van der Waals surface area contributed by atoms with Crippen LogP contribution in [0.1, 0.15) is 60.8 Å². The minimum absolute atomic E-state index is 0.0255. The molecule has 222 valence electrons. The summed E-state index contributed by atoms with van der Waals surface area (Å²) in [5, 5.41) is 22.2. The van der Waals surface area contributed by atoms with Crippen LogP contribution in [0.25, 0.3) is 21.9 Å². The minimum Gasteiger partial charge on any atom is -0.507 e. The van der Waals surface area contributed by atoms with Crippen LogP contribution >= 0.6 is 0 Å². The summed E-state index contributed by atoms with van der Waals surface area (Å²) < 4.78 is 10.7. The largest absolute Gasteiger partial charge is 0.507 e. The van der Waals surface area contributed by atoms with Gasteiger partial charge in [-0.05, 0) is 48.7 Å². The van der Waals surface area contributed by atoms with Crippen molar-refractivity contribution in [1.29, 1.82) is 0 Å². The summed E-state index contributed by atoms with van der Waals surface area (Å²) in [6.07, 6.45) is 0.835. The number of hydrogen-bond acceptors (Lipinski definition) is 7. The van der Waals surface area contributed by atoms with Crippen molar-refractivity contribution < 1.29 is 23.8 Å². The van der Waals surface area contributed by atoms with E-state index in [2.05, 4.69) is 0 Å². The maximum atomic E-state index is 12.4. The molecule has 0 fully saturated rings. The molecule has 6 aromatic rings. The third kappa shape index (κ3) is 6.17. The van der Waals surface area contributed by atoms with Gasteiger partial charge >= 0.3 is 11.3 Å². The van der Waals surface area contributed by atoms with Crippen LogP contribution < -0.4 is 11.3 Å². The standard InChI is InChI=1S/C19H16O4.C18H16O3/c1-12(20)11-15(13-7-3-2-4-8-13)17-18(21)14-9-5-6-10-16(14)23-19(17)22;1-2-13(12-8-4-3-5-9-12)16-17(19)14-10-6-7-11-15(14)21-18(16)20/h2-10,15,21H,11H2,1H3;3-11,13,19H,2H2,1H3. The van der Waals surface area contributed by atoms with Crippen molar-refractivity contribution >= 4 is 27.7 Å². The minimum atomic E-state index is -0.615. The molecule has 2 N–H and O–H groups in total. The molecule has 0 amide bonds. The first kappa shape index (κ1) is 30.0. The first-order chi connectivity index (χ1) is 21.3. The lowest BCUT2D eigenvalue weighted by Gasteiger charge is -2.17. The van der Waals surface area contributed by atoms with Crippen molar-refractivity contribution in [1.82, 2.24) is 0 Å². The van der Waals surface area contributed by atoms with Crippen LogP contribution in [0, 0.1) is 0 Å². The van der Waals surface area contributed by atoms with Gasteiger partial charge in [0.1, 0.15) is 28.4 Å². The zero-order valence-electron chi connectivity index (χ0n) is 24.4. The Hall–Kier alpha value is -5.43. The maximum Gasteiger partial charge on any atom is 0.343 e. The third-order valence-electron chi connectivity index (χ3n) is 7.64. The summed E-state index contributed by atoms with van der Waals surface area (Å²) in [5.41, 5.74) is 1.91. The molecule has 7 heteroatoms. The summed E-state index contributed by atoms with van der Waals surface area (Å²) in [6, 6.07) is 32.7. The Labute approximate surface area is 253 Å². The fraction of sp³-hybridized carbons (Fsp3) is 0.162. The molecule has 2 unspecified atom stereocenters. The van der Waals surface area contributed by atoms with Gasteiger partial charge in [0.25, 0.3) is 0 Å². The van der Waals surface area contributed by atoms with Crippen molar-refractivity contribution in [2.75, 3.05) is 0 Å². The number of para-hydroxylation sites is 2.